The van der Waals surface area contributed by atoms with Gasteiger partial charge in [-0.3, -0.25) is 4.79 Å². The Morgan fingerprint density at radius 3 is 2.69 bits per heavy atom. The van der Waals surface area contributed by atoms with Crippen LogP contribution in [0.2, 0.25) is 0 Å². The summed E-state index contributed by atoms with van der Waals surface area (Å²) in [7, 11) is 0. The Morgan fingerprint density at radius 1 is 1.69 bits per heavy atom. The maximum Gasteiger partial charge on any atom is 0.312 e. The summed E-state index contributed by atoms with van der Waals surface area (Å²) < 4.78 is 14.1. The average Bonchev–Trinajstić information content (AvgIpc) is 2.17. The number of carboxylic acids is 1. The zero-order valence-corrected chi connectivity index (χ0v) is 10.9. The van der Waals surface area contributed by atoms with Crippen LogP contribution in [0.1, 0.15) is 11.5 Å². The van der Waals surface area contributed by atoms with E-state index in [1.54, 1.807) is 12.3 Å². The van der Waals surface area contributed by atoms with Crippen LogP contribution in [0.25, 0.3) is 0 Å². The lowest BCUT2D eigenvalue weighted by atomic mass is 9.99. The highest BCUT2D eigenvalue weighted by Gasteiger charge is 2.20. The SMILES string of the molecule is CSc1c(F)cc(C(CN)C(=O)O)cc1Br. The molecule has 3 nitrogen and oxygen atoms in total. The van der Waals surface area contributed by atoms with E-state index in [2.05, 4.69) is 15.9 Å². The number of hydrogen-bond acceptors (Lipinski definition) is 3. The van der Waals surface area contributed by atoms with Gasteiger partial charge in [0.2, 0.25) is 0 Å². The van der Waals surface area contributed by atoms with Crippen LogP contribution < -0.4 is 5.73 Å². The van der Waals surface area contributed by atoms with E-state index in [0.29, 0.717) is 14.9 Å². The minimum Gasteiger partial charge on any atom is -0.481 e. The smallest absolute Gasteiger partial charge is 0.312 e. The normalized spacial score (nSPS) is 12.5. The number of rotatable bonds is 4. The lowest BCUT2D eigenvalue weighted by molar-refractivity contribution is -0.138. The maximum atomic E-state index is 13.6. The van der Waals surface area contributed by atoms with E-state index in [4.69, 9.17) is 10.8 Å². The first kappa shape index (κ1) is 13.5. The fourth-order valence-electron chi connectivity index (χ4n) is 1.36. The summed E-state index contributed by atoms with van der Waals surface area (Å²) in [4.78, 5) is 11.3. The molecular weight excluding hydrogens is 297 g/mol. The molecule has 0 fully saturated rings. The molecular formula is C10H11BrFNO2S. The standard InChI is InChI=1S/C10H11BrFNO2S/c1-16-9-7(11)2-5(3-8(9)12)6(4-13)10(14)15/h2-3,6H,4,13H2,1H3,(H,14,15). The van der Waals surface area contributed by atoms with Gasteiger partial charge in [-0.25, -0.2) is 4.39 Å². The van der Waals surface area contributed by atoms with Gasteiger partial charge in [-0.15, -0.1) is 11.8 Å². The second-order valence-electron chi connectivity index (χ2n) is 3.14. The molecule has 1 aromatic rings. The van der Waals surface area contributed by atoms with E-state index in [1.165, 1.54) is 17.8 Å². The molecule has 1 rings (SSSR count). The molecule has 3 N–H and O–H groups in total. The van der Waals surface area contributed by atoms with E-state index in [0.717, 1.165) is 0 Å². The van der Waals surface area contributed by atoms with Crippen LogP contribution >= 0.6 is 27.7 Å². The molecule has 0 aliphatic rings. The lowest BCUT2D eigenvalue weighted by Crippen LogP contribution is -2.21. The quantitative estimate of drug-likeness (QED) is 0.839. The lowest BCUT2D eigenvalue weighted by Gasteiger charge is -2.12. The van der Waals surface area contributed by atoms with Crippen molar-refractivity contribution in [3.63, 3.8) is 0 Å². The van der Waals surface area contributed by atoms with Gasteiger partial charge in [0.15, 0.2) is 0 Å². The van der Waals surface area contributed by atoms with E-state index in [-0.39, 0.29) is 6.54 Å². The summed E-state index contributed by atoms with van der Waals surface area (Å²) in [6, 6.07) is 2.82. The van der Waals surface area contributed by atoms with Gasteiger partial charge in [0.25, 0.3) is 0 Å². The van der Waals surface area contributed by atoms with Crippen molar-refractivity contribution in [1.82, 2.24) is 0 Å². The van der Waals surface area contributed by atoms with Crippen LogP contribution in [0.3, 0.4) is 0 Å². The van der Waals surface area contributed by atoms with Gasteiger partial charge in [0.05, 0.1) is 10.8 Å². The molecule has 1 atom stereocenters. The molecule has 0 radical (unpaired) electrons. The Balaban J connectivity index is 3.21. The van der Waals surface area contributed by atoms with Crippen molar-refractivity contribution < 1.29 is 14.3 Å². The average molecular weight is 308 g/mol. The van der Waals surface area contributed by atoms with Gasteiger partial charge in [0, 0.05) is 11.0 Å². The Labute approximate surface area is 105 Å². The molecule has 0 saturated heterocycles. The number of hydrogen-bond donors (Lipinski definition) is 2. The first-order valence-corrected chi connectivity index (χ1v) is 6.48. The van der Waals surface area contributed by atoms with E-state index in [9.17, 15) is 9.18 Å². The topological polar surface area (TPSA) is 63.3 Å². The van der Waals surface area contributed by atoms with Crippen molar-refractivity contribution in [1.29, 1.82) is 0 Å². The van der Waals surface area contributed by atoms with Crippen LogP contribution in [0.4, 0.5) is 4.39 Å². The van der Waals surface area contributed by atoms with Crippen molar-refractivity contribution in [2.45, 2.75) is 10.8 Å². The maximum absolute atomic E-state index is 13.6. The number of carboxylic acid groups (broad SMARTS) is 1. The Bertz CT molecular complexity index is 391. The van der Waals surface area contributed by atoms with Gasteiger partial charge in [-0.2, -0.15) is 0 Å². The largest absolute Gasteiger partial charge is 0.481 e. The summed E-state index contributed by atoms with van der Waals surface area (Å²) in [6.07, 6.45) is 1.75. The first-order chi connectivity index (χ1) is 7.51. The molecule has 0 aliphatic heterocycles. The van der Waals surface area contributed by atoms with Gasteiger partial charge >= 0.3 is 5.97 Å². The number of nitrogens with two attached hydrogens (primary N) is 1. The summed E-state index contributed by atoms with van der Waals surface area (Å²) in [5.74, 6) is -2.36. The first-order valence-electron chi connectivity index (χ1n) is 4.47. The summed E-state index contributed by atoms with van der Waals surface area (Å²) in [5, 5.41) is 8.91. The third-order valence-electron chi connectivity index (χ3n) is 2.16. The zero-order chi connectivity index (χ0) is 12.3. The molecule has 0 amide bonds. The molecule has 88 valence electrons. The van der Waals surface area contributed by atoms with Crippen molar-refractivity contribution in [2.75, 3.05) is 12.8 Å². The fourth-order valence-corrected chi connectivity index (χ4v) is 2.80. The van der Waals surface area contributed by atoms with Gasteiger partial charge in [0.1, 0.15) is 5.82 Å². The molecule has 6 heteroatoms. The van der Waals surface area contributed by atoms with E-state index >= 15 is 0 Å². The van der Waals surface area contributed by atoms with Crippen molar-refractivity contribution >= 4 is 33.7 Å². The fraction of sp³-hybridized carbons (Fsp3) is 0.300. The molecule has 0 saturated carbocycles. The zero-order valence-electron chi connectivity index (χ0n) is 8.54. The summed E-state index contributed by atoms with van der Waals surface area (Å²) in [5.41, 5.74) is 5.73. The van der Waals surface area contributed by atoms with Gasteiger partial charge in [-0.05, 0) is 39.9 Å². The second-order valence-corrected chi connectivity index (χ2v) is 4.82. The van der Waals surface area contributed by atoms with Crippen molar-refractivity contribution in [2.24, 2.45) is 5.73 Å². The Hall–Kier alpha value is -0.590. The molecule has 1 aromatic carbocycles. The predicted molar refractivity (Wildman–Crippen MR) is 65.3 cm³/mol. The van der Waals surface area contributed by atoms with Crippen molar-refractivity contribution in [3.8, 4) is 0 Å². The molecule has 0 spiro atoms. The number of aliphatic carboxylic acids is 1. The molecule has 0 bridgehead atoms. The van der Waals surface area contributed by atoms with Crippen LogP contribution in [-0.2, 0) is 4.79 Å². The highest BCUT2D eigenvalue weighted by molar-refractivity contribution is 9.10. The summed E-state index contributed by atoms with van der Waals surface area (Å²) in [6.45, 7) is -0.0557. The summed E-state index contributed by atoms with van der Waals surface area (Å²) >= 11 is 4.47. The van der Waals surface area contributed by atoms with Gasteiger partial charge in [-0.1, -0.05) is 0 Å². The highest BCUT2D eigenvalue weighted by atomic mass is 79.9. The predicted octanol–water partition coefficient (Wildman–Crippen LogP) is 2.44. The molecule has 0 aromatic heterocycles. The minimum atomic E-state index is -1.05. The Kier molecular flexibility index (Phi) is 4.76. The molecule has 0 aliphatic carbocycles. The van der Waals surface area contributed by atoms with Gasteiger partial charge < -0.3 is 10.8 Å². The number of thioether (sulfide) groups is 1. The number of halogens is 2. The molecule has 0 heterocycles. The molecule has 1 unspecified atom stereocenters. The number of carbonyl (C=O) groups is 1. The minimum absolute atomic E-state index is 0.0557. The third kappa shape index (κ3) is 2.75. The van der Waals surface area contributed by atoms with Crippen LogP contribution in [-0.4, -0.2) is 23.9 Å². The third-order valence-corrected chi connectivity index (χ3v) is 3.87. The van der Waals surface area contributed by atoms with Crippen LogP contribution in [0.15, 0.2) is 21.5 Å². The Morgan fingerprint density at radius 2 is 2.31 bits per heavy atom. The van der Waals surface area contributed by atoms with E-state index in [1.807, 2.05) is 0 Å². The molecule has 16 heavy (non-hydrogen) atoms. The number of benzene rings is 1. The van der Waals surface area contributed by atoms with Crippen molar-refractivity contribution in [3.05, 3.63) is 28.0 Å². The van der Waals surface area contributed by atoms with Crippen LogP contribution in [0, 0.1) is 5.82 Å². The van der Waals surface area contributed by atoms with E-state index < -0.39 is 17.7 Å². The van der Waals surface area contributed by atoms with Crippen LogP contribution in [0.5, 0.6) is 0 Å². The second kappa shape index (κ2) is 5.65. The monoisotopic (exact) mass is 307 g/mol. The highest BCUT2D eigenvalue weighted by Crippen LogP contribution is 2.32.